The van der Waals surface area contributed by atoms with Crippen LogP contribution in [0, 0.1) is 80.0 Å². The predicted octanol–water partition coefficient (Wildman–Crippen LogP) is 2.19. The van der Waals surface area contributed by atoms with E-state index in [0.717, 1.165) is 13.1 Å². The van der Waals surface area contributed by atoms with Crippen LogP contribution in [0.4, 0.5) is 0 Å². The van der Waals surface area contributed by atoms with Crippen LogP contribution >= 0.6 is 0 Å². The average molecular weight is 535 g/mol. The Morgan fingerprint density at radius 2 is 1.36 bits per heavy atom. The number of amides is 1. The van der Waals surface area contributed by atoms with E-state index in [0.29, 0.717) is 71.6 Å². The van der Waals surface area contributed by atoms with Crippen molar-refractivity contribution in [3.63, 3.8) is 0 Å². The largest absolute Gasteiger partial charge is 0.465 e. The average Bonchev–Trinajstić information content (AvgIpc) is 3.42. The van der Waals surface area contributed by atoms with Crippen molar-refractivity contribution in [3.05, 3.63) is 0 Å². The maximum absolute atomic E-state index is 11.8. The minimum absolute atomic E-state index is 0.0350. The summed E-state index contributed by atoms with van der Waals surface area (Å²) in [6, 6.07) is 0. The zero-order valence-electron chi connectivity index (χ0n) is 23.2. The minimum Gasteiger partial charge on any atom is -0.465 e. The molecule has 0 aromatic heterocycles. The number of carbonyl (C=O) groups is 2. The van der Waals surface area contributed by atoms with Gasteiger partial charge in [-0.3, -0.25) is 14.5 Å². The molecule has 7 nitrogen and oxygen atoms in total. The van der Waals surface area contributed by atoms with Gasteiger partial charge in [0.2, 0.25) is 5.91 Å². The molecule has 0 atom stereocenters. The van der Waals surface area contributed by atoms with Crippen LogP contribution in [0.1, 0.15) is 51.9 Å². The van der Waals surface area contributed by atoms with E-state index in [4.69, 9.17) is 53.1 Å². The lowest BCUT2D eigenvalue weighted by Crippen LogP contribution is -2.39. The summed E-state index contributed by atoms with van der Waals surface area (Å²) in [4.78, 5) is 27.0. The zero-order chi connectivity index (χ0) is 29.7. The number of aliphatic hydroxyl groups is 1. The van der Waals surface area contributed by atoms with Gasteiger partial charge in [-0.2, -0.15) is 0 Å². The highest BCUT2D eigenvalue weighted by atomic mass is 16.5. The van der Waals surface area contributed by atoms with E-state index in [1.807, 2.05) is 6.92 Å². The lowest BCUT2D eigenvalue weighted by Gasteiger charge is -2.21. The van der Waals surface area contributed by atoms with Crippen molar-refractivity contribution < 1.29 is 24.2 Å². The van der Waals surface area contributed by atoms with Crippen LogP contribution in [0.3, 0.4) is 0 Å². The summed E-state index contributed by atoms with van der Waals surface area (Å²) in [5.74, 6) is 13.7. The fourth-order valence-electron chi connectivity index (χ4n) is 3.15. The summed E-state index contributed by atoms with van der Waals surface area (Å²) in [5, 5.41) is 8.76. The molecule has 0 spiro atoms. The second kappa shape index (κ2) is 27.2. The smallest absolute Gasteiger partial charge is 0.310 e. The van der Waals surface area contributed by atoms with Gasteiger partial charge < -0.3 is 19.5 Å². The number of hydrogen-bond acceptors (Lipinski definition) is 6. The fraction of sp³-hybridized carbons (Fsp3) is 0.562. The number of esters is 1. The Bertz CT molecular complexity index is 879. The molecule has 0 bridgehead atoms. The molecular weight excluding hydrogens is 492 g/mol. The third-order valence-corrected chi connectivity index (χ3v) is 5.12. The highest BCUT2D eigenvalue weighted by Crippen LogP contribution is 2.10. The molecule has 1 heterocycles. The molecule has 1 N–H and O–H groups in total. The van der Waals surface area contributed by atoms with Crippen LogP contribution in [-0.4, -0.2) is 85.4 Å². The van der Waals surface area contributed by atoms with Gasteiger partial charge in [0.15, 0.2) is 0 Å². The molecule has 7 heteroatoms. The third-order valence-electron chi connectivity index (χ3n) is 5.12. The number of likely N-dealkylation sites (tertiary alicyclic amines) is 1. The first-order valence-corrected chi connectivity index (χ1v) is 12.9. The van der Waals surface area contributed by atoms with Crippen molar-refractivity contribution in [3.8, 4) is 74.1 Å². The maximum Gasteiger partial charge on any atom is 0.310 e. The molecule has 0 aromatic rings. The number of terminal acetylenes is 6. The molecule has 0 saturated carbocycles. The lowest BCUT2D eigenvalue weighted by atomic mass is 10.0. The Hall–Kier alpha value is -3.82. The van der Waals surface area contributed by atoms with Gasteiger partial charge in [-0.05, 0) is 32.9 Å². The second-order valence-electron chi connectivity index (χ2n) is 8.34. The SMILES string of the molecule is C#CCC(CC#C)C(=O)OCCCOCC.C#CCC(O)CC#C.C#CCN(CC#C)C(=O)CN1CCCC1. The fourth-order valence-corrected chi connectivity index (χ4v) is 3.15. The van der Waals surface area contributed by atoms with Gasteiger partial charge in [0.25, 0.3) is 0 Å². The molecule has 1 aliphatic heterocycles. The summed E-state index contributed by atoms with van der Waals surface area (Å²) < 4.78 is 10.2. The monoisotopic (exact) mass is 534 g/mol. The molecule has 1 amide bonds. The summed E-state index contributed by atoms with van der Waals surface area (Å²) >= 11 is 0. The molecule has 1 rings (SSSR count). The predicted molar refractivity (Wildman–Crippen MR) is 155 cm³/mol. The van der Waals surface area contributed by atoms with Crippen LogP contribution < -0.4 is 0 Å². The molecule has 1 aliphatic rings. The number of rotatable bonds is 14. The Labute approximate surface area is 236 Å². The summed E-state index contributed by atoms with van der Waals surface area (Å²) in [5.41, 5.74) is 0. The standard InChI is InChI=1S/C13H18O3.C12H16N2O.C7H8O/c1-4-8-12(9-5-2)13(14)16-11-7-10-15-6-3;1-3-7-14(8-4-2)12(15)11-13-9-5-6-10-13;1-3-5-7(8)6-4-2/h1-2,12H,6-11H2,3H3;1-2H,5-11H2;1-2,7-8H,5-6H2. The van der Waals surface area contributed by atoms with Gasteiger partial charge in [-0.1, -0.05) is 11.8 Å². The molecular formula is C32H42N2O5. The number of ether oxygens (including phenoxy) is 2. The first-order chi connectivity index (χ1) is 18.8. The summed E-state index contributed by atoms with van der Waals surface area (Å²) in [6.07, 6.45) is 34.3. The van der Waals surface area contributed by atoms with Gasteiger partial charge in [0.05, 0.1) is 38.3 Å². The molecule has 0 aliphatic carbocycles. The quantitative estimate of drug-likeness (QED) is 0.209. The maximum atomic E-state index is 11.8. The van der Waals surface area contributed by atoms with Crippen molar-refractivity contribution in [1.82, 2.24) is 9.80 Å². The van der Waals surface area contributed by atoms with Crippen LogP contribution in [0.15, 0.2) is 0 Å². The number of carbonyl (C=O) groups excluding carboxylic acids is 2. The highest BCUT2D eigenvalue weighted by molar-refractivity contribution is 5.78. The summed E-state index contributed by atoms with van der Waals surface area (Å²) in [6.45, 7) is 6.60. The number of hydrogen-bond donors (Lipinski definition) is 1. The van der Waals surface area contributed by atoms with Crippen molar-refractivity contribution >= 4 is 11.9 Å². The summed E-state index contributed by atoms with van der Waals surface area (Å²) in [7, 11) is 0. The lowest BCUT2D eigenvalue weighted by molar-refractivity contribution is -0.148. The Morgan fingerprint density at radius 1 is 0.846 bits per heavy atom. The van der Waals surface area contributed by atoms with Gasteiger partial charge in [-0.25, -0.2) is 0 Å². The van der Waals surface area contributed by atoms with Crippen LogP contribution in [0.5, 0.6) is 0 Å². The van der Waals surface area contributed by atoms with Gasteiger partial charge in [0.1, 0.15) is 0 Å². The van der Waals surface area contributed by atoms with E-state index in [-0.39, 0.29) is 17.8 Å². The third kappa shape index (κ3) is 21.9. The van der Waals surface area contributed by atoms with Gasteiger partial charge in [0, 0.05) is 45.3 Å². The van der Waals surface area contributed by atoms with Crippen molar-refractivity contribution in [1.29, 1.82) is 0 Å². The normalized spacial score (nSPS) is 11.5. The minimum atomic E-state index is -0.509. The number of aliphatic hydroxyl groups excluding tert-OH is 1. The van der Waals surface area contributed by atoms with Crippen molar-refractivity contribution in [2.45, 2.75) is 58.0 Å². The molecule has 39 heavy (non-hydrogen) atoms. The van der Waals surface area contributed by atoms with E-state index in [2.05, 4.69) is 40.4 Å². The zero-order valence-corrected chi connectivity index (χ0v) is 23.2. The van der Waals surface area contributed by atoms with Gasteiger partial charge in [-0.15, -0.1) is 62.2 Å². The van der Waals surface area contributed by atoms with E-state index < -0.39 is 6.10 Å². The van der Waals surface area contributed by atoms with Crippen molar-refractivity contribution in [2.75, 3.05) is 52.5 Å². The first kappa shape index (κ1) is 37.3. The molecule has 210 valence electrons. The van der Waals surface area contributed by atoms with Crippen molar-refractivity contribution in [2.24, 2.45) is 5.92 Å². The topological polar surface area (TPSA) is 79.3 Å². The number of nitrogens with zero attached hydrogens (tertiary/aromatic N) is 2. The van der Waals surface area contributed by atoms with Crippen LogP contribution in [-0.2, 0) is 19.1 Å². The molecule has 0 unspecified atom stereocenters. The van der Waals surface area contributed by atoms with Gasteiger partial charge >= 0.3 is 5.97 Å². The van der Waals surface area contributed by atoms with E-state index in [1.165, 1.54) is 12.8 Å². The van der Waals surface area contributed by atoms with E-state index >= 15 is 0 Å². The molecule has 1 fully saturated rings. The van der Waals surface area contributed by atoms with Crippen LogP contribution in [0.2, 0.25) is 0 Å². The molecule has 0 aromatic carbocycles. The Morgan fingerprint density at radius 3 is 1.79 bits per heavy atom. The first-order valence-electron chi connectivity index (χ1n) is 12.9. The Balaban J connectivity index is 0. The van der Waals surface area contributed by atoms with Crippen LogP contribution in [0.25, 0.3) is 0 Å². The highest BCUT2D eigenvalue weighted by Gasteiger charge is 2.19. The second-order valence-corrected chi connectivity index (χ2v) is 8.34. The molecule has 1 saturated heterocycles. The Kier molecular flexibility index (Phi) is 26.1. The molecule has 0 radical (unpaired) electrons. The van der Waals surface area contributed by atoms with E-state index in [9.17, 15) is 9.59 Å². The van der Waals surface area contributed by atoms with E-state index in [1.54, 1.807) is 4.90 Å².